The molecule has 3 rings (SSSR count). The van der Waals surface area contributed by atoms with Crippen molar-refractivity contribution < 1.29 is 19.0 Å². The first-order valence-electron chi connectivity index (χ1n) is 7.03. The fourth-order valence-electron chi connectivity index (χ4n) is 2.17. The highest BCUT2D eigenvalue weighted by atomic mass is 35.5. The third-order valence-electron chi connectivity index (χ3n) is 3.24. The van der Waals surface area contributed by atoms with Gasteiger partial charge >= 0.3 is 0 Å². The number of ether oxygens (including phenoxy) is 2. The zero-order valence-corrected chi connectivity index (χ0v) is 13.4. The first-order chi connectivity index (χ1) is 11.0. The highest BCUT2D eigenvalue weighted by Gasteiger charge is 2.36. The molecule has 1 saturated heterocycles. The van der Waals surface area contributed by atoms with Crippen molar-refractivity contribution >= 4 is 11.6 Å². The molecule has 1 unspecified atom stereocenters. The third-order valence-corrected chi connectivity index (χ3v) is 3.56. The molecule has 1 atom stereocenters. The number of aromatic nitrogens is 2. The molecular formula is C16H15ClN2O4. The van der Waals surface area contributed by atoms with Crippen LogP contribution in [0.2, 0.25) is 5.02 Å². The molecule has 0 spiro atoms. The summed E-state index contributed by atoms with van der Waals surface area (Å²) in [6, 6.07) is 5.21. The molecular weight excluding hydrogens is 320 g/mol. The van der Waals surface area contributed by atoms with Gasteiger partial charge in [0.2, 0.25) is 11.8 Å². The molecule has 1 aromatic carbocycles. The van der Waals surface area contributed by atoms with Gasteiger partial charge in [0.1, 0.15) is 6.61 Å². The molecule has 0 saturated carbocycles. The van der Waals surface area contributed by atoms with Crippen LogP contribution in [0, 0.1) is 11.8 Å². The van der Waals surface area contributed by atoms with Gasteiger partial charge in [-0.2, -0.15) is 0 Å². The maximum atomic E-state index is 8.72. The first-order valence-corrected chi connectivity index (χ1v) is 7.41. The van der Waals surface area contributed by atoms with Crippen molar-refractivity contribution in [2.75, 3.05) is 13.2 Å². The predicted octanol–water partition coefficient (Wildman–Crippen LogP) is 2.56. The lowest BCUT2D eigenvalue weighted by Crippen LogP contribution is -2.19. The molecule has 0 aliphatic carbocycles. The van der Waals surface area contributed by atoms with Crippen LogP contribution in [0.15, 0.2) is 22.6 Å². The van der Waals surface area contributed by atoms with Gasteiger partial charge in [-0.15, -0.1) is 10.2 Å². The van der Waals surface area contributed by atoms with E-state index in [0.717, 1.165) is 0 Å². The number of nitrogens with zero attached hydrogens (tertiary/aromatic N) is 2. The molecule has 2 aromatic rings. The summed E-state index contributed by atoms with van der Waals surface area (Å²) in [4.78, 5) is 0. The van der Waals surface area contributed by atoms with Crippen molar-refractivity contribution in [2.24, 2.45) is 0 Å². The Morgan fingerprint density at radius 1 is 1.39 bits per heavy atom. The smallest absolute Gasteiger partial charge is 0.248 e. The van der Waals surface area contributed by atoms with Gasteiger partial charge < -0.3 is 19.0 Å². The van der Waals surface area contributed by atoms with Crippen molar-refractivity contribution in [3.8, 4) is 23.3 Å². The van der Waals surface area contributed by atoms with Crippen LogP contribution >= 0.6 is 11.6 Å². The van der Waals surface area contributed by atoms with E-state index in [9.17, 15) is 0 Å². The van der Waals surface area contributed by atoms with Crippen LogP contribution in [0.1, 0.15) is 31.4 Å². The normalized spacial score (nSPS) is 19.4. The lowest BCUT2D eigenvalue weighted by Gasteiger charge is -2.15. The number of aliphatic hydroxyl groups is 1. The van der Waals surface area contributed by atoms with Crippen molar-refractivity contribution in [3.05, 3.63) is 34.7 Å². The van der Waals surface area contributed by atoms with Crippen LogP contribution < -0.4 is 0 Å². The summed E-state index contributed by atoms with van der Waals surface area (Å²) in [6.45, 7) is 3.81. The van der Waals surface area contributed by atoms with Gasteiger partial charge in [-0.05, 0) is 32.0 Å². The largest absolute Gasteiger partial charge is 0.418 e. The molecule has 2 heterocycles. The Hall–Kier alpha value is -1.91. The molecule has 7 heteroatoms. The van der Waals surface area contributed by atoms with E-state index < -0.39 is 5.79 Å². The Labute approximate surface area is 138 Å². The number of halogens is 1. The molecule has 1 aliphatic rings. The van der Waals surface area contributed by atoms with Gasteiger partial charge in [-0.25, -0.2) is 0 Å². The molecule has 1 aromatic heterocycles. The van der Waals surface area contributed by atoms with Crippen LogP contribution in [0.25, 0.3) is 11.5 Å². The van der Waals surface area contributed by atoms with Gasteiger partial charge in [0.05, 0.1) is 11.6 Å². The van der Waals surface area contributed by atoms with Crippen LogP contribution in [0.4, 0.5) is 0 Å². The fraction of sp³-hybridized carbons (Fsp3) is 0.375. The molecule has 0 amide bonds. The van der Waals surface area contributed by atoms with Gasteiger partial charge in [0.15, 0.2) is 11.9 Å². The lowest BCUT2D eigenvalue weighted by molar-refractivity contribution is -0.141. The number of aliphatic hydroxyl groups excluding tert-OH is 1. The van der Waals surface area contributed by atoms with Gasteiger partial charge in [-0.1, -0.05) is 23.4 Å². The molecule has 23 heavy (non-hydrogen) atoms. The highest BCUT2D eigenvalue weighted by molar-refractivity contribution is 6.32. The van der Waals surface area contributed by atoms with E-state index in [0.29, 0.717) is 34.5 Å². The summed E-state index contributed by atoms with van der Waals surface area (Å²) in [5.74, 6) is 5.37. The second-order valence-corrected chi connectivity index (χ2v) is 5.82. The molecule has 6 nitrogen and oxygen atoms in total. The average molecular weight is 335 g/mol. The summed E-state index contributed by atoms with van der Waals surface area (Å²) >= 11 is 6.17. The number of benzene rings is 1. The van der Waals surface area contributed by atoms with E-state index in [2.05, 4.69) is 22.0 Å². The van der Waals surface area contributed by atoms with Gasteiger partial charge in [0.25, 0.3) is 0 Å². The van der Waals surface area contributed by atoms with E-state index in [1.54, 1.807) is 18.2 Å². The van der Waals surface area contributed by atoms with Crippen LogP contribution in [-0.4, -0.2) is 34.3 Å². The molecule has 1 aliphatic heterocycles. The minimum atomic E-state index is -0.657. The maximum Gasteiger partial charge on any atom is 0.248 e. The third kappa shape index (κ3) is 3.54. The first kappa shape index (κ1) is 16.0. The van der Waals surface area contributed by atoms with E-state index in [1.165, 1.54) is 0 Å². The minimum Gasteiger partial charge on any atom is -0.418 e. The van der Waals surface area contributed by atoms with Gasteiger partial charge in [-0.3, -0.25) is 0 Å². The standard InChI is InChI=1S/C16H15ClN2O4/c1-16(2)21-9-13(23-16)15-19-18-14(22-15)11-6-5-10(4-3-7-20)12(17)8-11/h5-6,8,13,20H,7,9H2,1-2H3. The summed E-state index contributed by atoms with van der Waals surface area (Å²) in [6.07, 6.45) is -0.378. The summed E-state index contributed by atoms with van der Waals surface area (Å²) in [7, 11) is 0. The molecule has 0 bridgehead atoms. The van der Waals surface area contributed by atoms with Gasteiger partial charge in [0, 0.05) is 11.1 Å². The number of rotatable bonds is 2. The summed E-state index contributed by atoms with van der Waals surface area (Å²) in [5, 5.41) is 17.2. The van der Waals surface area contributed by atoms with Crippen molar-refractivity contribution in [2.45, 2.75) is 25.7 Å². The second-order valence-electron chi connectivity index (χ2n) is 5.42. The Morgan fingerprint density at radius 2 is 2.22 bits per heavy atom. The Balaban J connectivity index is 1.82. The minimum absolute atomic E-state index is 0.217. The van der Waals surface area contributed by atoms with E-state index >= 15 is 0 Å². The Kier molecular flexibility index (Phi) is 4.37. The van der Waals surface area contributed by atoms with E-state index in [-0.39, 0.29) is 12.7 Å². The summed E-state index contributed by atoms with van der Waals surface area (Å²) < 4.78 is 16.8. The van der Waals surface area contributed by atoms with Crippen LogP contribution in [0.5, 0.6) is 0 Å². The van der Waals surface area contributed by atoms with Crippen LogP contribution in [-0.2, 0) is 9.47 Å². The highest BCUT2D eigenvalue weighted by Crippen LogP contribution is 2.33. The van der Waals surface area contributed by atoms with E-state index in [4.69, 9.17) is 30.6 Å². The quantitative estimate of drug-likeness (QED) is 0.850. The molecule has 120 valence electrons. The lowest BCUT2D eigenvalue weighted by atomic mass is 10.1. The number of hydrogen-bond acceptors (Lipinski definition) is 6. The topological polar surface area (TPSA) is 77.6 Å². The molecule has 0 radical (unpaired) electrons. The van der Waals surface area contributed by atoms with E-state index in [1.807, 2.05) is 13.8 Å². The molecule has 1 N–H and O–H groups in total. The second kappa shape index (κ2) is 6.30. The Morgan fingerprint density at radius 3 is 2.87 bits per heavy atom. The average Bonchev–Trinajstić information content (AvgIpc) is 3.12. The summed E-state index contributed by atoms with van der Waals surface area (Å²) in [5.41, 5.74) is 1.31. The zero-order valence-electron chi connectivity index (χ0n) is 12.7. The Bertz CT molecular complexity index is 776. The SMILES string of the molecule is CC1(C)OCC(c2nnc(-c3ccc(C#CCO)c(Cl)c3)o2)O1. The fourth-order valence-corrected chi connectivity index (χ4v) is 2.40. The van der Waals surface area contributed by atoms with Crippen molar-refractivity contribution in [1.82, 2.24) is 10.2 Å². The number of hydrogen-bond donors (Lipinski definition) is 1. The predicted molar refractivity (Wildman–Crippen MR) is 82.6 cm³/mol. The van der Waals surface area contributed by atoms with Crippen LogP contribution in [0.3, 0.4) is 0 Å². The maximum absolute atomic E-state index is 8.72. The monoisotopic (exact) mass is 334 g/mol. The van der Waals surface area contributed by atoms with Crippen molar-refractivity contribution in [3.63, 3.8) is 0 Å². The zero-order chi connectivity index (χ0) is 16.4. The molecule has 1 fully saturated rings. The van der Waals surface area contributed by atoms with Crippen molar-refractivity contribution in [1.29, 1.82) is 0 Å².